The van der Waals surface area contributed by atoms with E-state index in [-0.39, 0.29) is 11.8 Å². The second-order valence-corrected chi connectivity index (χ2v) is 7.06. The highest BCUT2D eigenvalue weighted by molar-refractivity contribution is 6.31. The van der Waals surface area contributed by atoms with Crippen LogP contribution in [0.3, 0.4) is 0 Å². The smallest absolute Gasteiger partial charge is 0.256 e. The molecule has 0 aliphatic carbocycles. The number of benzene rings is 2. The number of nitrogens with zero attached hydrogens (tertiary/aromatic N) is 1. The first-order valence-electron chi connectivity index (χ1n) is 9.31. The predicted molar refractivity (Wildman–Crippen MR) is 114 cm³/mol. The number of hydrogen-bond acceptors (Lipinski definition) is 4. The van der Waals surface area contributed by atoms with E-state index in [2.05, 4.69) is 5.32 Å². The fourth-order valence-electron chi connectivity index (χ4n) is 3.20. The van der Waals surface area contributed by atoms with Crippen molar-refractivity contribution in [3.63, 3.8) is 0 Å². The Balaban J connectivity index is 1.79. The van der Waals surface area contributed by atoms with Crippen molar-refractivity contribution in [3.05, 3.63) is 58.6 Å². The minimum absolute atomic E-state index is 0.126. The van der Waals surface area contributed by atoms with Crippen molar-refractivity contribution < 1.29 is 19.1 Å². The second-order valence-electron chi connectivity index (χ2n) is 6.62. The summed E-state index contributed by atoms with van der Waals surface area (Å²) >= 11 is 6.08. The average Bonchev–Trinajstić information content (AvgIpc) is 3.27. The van der Waals surface area contributed by atoms with E-state index in [1.165, 1.54) is 6.08 Å². The fraction of sp³-hybridized carbons (Fsp3) is 0.273. The molecule has 3 rings (SSSR count). The zero-order valence-corrected chi connectivity index (χ0v) is 17.2. The maximum Gasteiger partial charge on any atom is 0.256 e. The van der Waals surface area contributed by atoms with Crippen LogP contribution in [-0.2, 0) is 4.79 Å². The lowest BCUT2D eigenvalue weighted by atomic mass is 10.1. The molecule has 1 aliphatic heterocycles. The van der Waals surface area contributed by atoms with E-state index in [4.69, 9.17) is 21.1 Å². The molecular formula is C22H23ClN2O4. The number of carbonyl (C=O) groups excluding carboxylic acids is 2. The van der Waals surface area contributed by atoms with E-state index in [1.54, 1.807) is 61.6 Å². The third kappa shape index (κ3) is 5.09. The summed E-state index contributed by atoms with van der Waals surface area (Å²) in [5.74, 6) is 0.778. The highest BCUT2D eigenvalue weighted by atomic mass is 35.5. The lowest BCUT2D eigenvalue weighted by molar-refractivity contribution is -0.111. The van der Waals surface area contributed by atoms with Crippen LogP contribution in [0.1, 0.15) is 28.8 Å². The van der Waals surface area contributed by atoms with Gasteiger partial charge in [0, 0.05) is 29.8 Å². The Hall–Kier alpha value is -2.99. The number of hydrogen-bond donors (Lipinski definition) is 1. The van der Waals surface area contributed by atoms with Crippen molar-refractivity contribution in [1.82, 2.24) is 4.90 Å². The van der Waals surface area contributed by atoms with Crippen LogP contribution in [0.15, 0.2) is 42.5 Å². The number of methoxy groups -OCH3 is 2. The first kappa shape index (κ1) is 20.7. The molecule has 0 bridgehead atoms. The molecule has 0 radical (unpaired) electrons. The van der Waals surface area contributed by atoms with Crippen molar-refractivity contribution in [3.8, 4) is 11.5 Å². The molecule has 0 unspecified atom stereocenters. The Bertz CT molecular complexity index is 936. The van der Waals surface area contributed by atoms with Crippen LogP contribution >= 0.6 is 11.6 Å². The Morgan fingerprint density at radius 3 is 2.52 bits per heavy atom. The normalized spacial score (nSPS) is 13.6. The van der Waals surface area contributed by atoms with E-state index in [9.17, 15) is 9.59 Å². The van der Waals surface area contributed by atoms with Crippen LogP contribution in [-0.4, -0.2) is 44.0 Å². The zero-order valence-electron chi connectivity index (χ0n) is 16.4. The van der Waals surface area contributed by atoms with E-state index in [1.807, 2.05) is 0 Å². The molecule has 1 aliphatic rings. The minimum Gasteiger partial charge on any atom is -0.497 e. The van der Waals surface area contributed by atoms with Gasteiger partial charge in [-0.25, -0.2) is 0 Å². The van der Waals surface area contributed by atoms with Gasteiger partial charge in [0.25, 0.3) is 5.91 Å². The van der Waals surface area contributed by atoms with E-state index in [0.717, 1.165) is 12.8 Å². The number of nitrogens with one attached hydrogen (secondary N) is 1. The first-order chi connectivity index (χ1) is 14.0. The SMILES string of the molecule is COc1ccc(OC)c(/C=C/C(=O)Nc2ccc(Cl)cc2C(=O)N2CCCC2)c1. The van der Waals surface area contributed by atoms with Gasteiger partial charge in [0.1, 0.15) is 11.5 Å². The van der Waals surface area contributed by atoms with Gasteiger partial charge in [-0.3, -0.25) is 9.59 Å². The van der Waals surface area contributed by atoms with Crippen LogP contribution in [0, 0.1) is 0 Å². The lowest BCUT2D eigenvalue weighted by Crippen LogP contribution is -2.28. The van der Waals surface area contributed by atoms with Crippen molar-refractivity contribution in [1.29, 1.82) is 0 Å². The zero-order chi connectivity index (χ0) is 20.8. The number of likely N-dealkylation sites (tertiary alicyclic amines) is 1. The molecule has 0 spiro atoms. The van der Waals surface area contributed by atoms with Crippen molar-refractivity contribution >= 4 is 35.2 Å². The second kappa shape index (κ2) is 9.47. The van der Waals surface area contributed by atoms with E-state index >= 15 is 0 Å². The van der Waals surface area contributed by atoms with E-state index in [0.29, 0.717) is 46.4 Å². The molecule has 2 aromatic carbocycles. The van der Waals surface area contributed by atoms with Crippen LogP contribution in [0.5, 0.6) is 11.5 Å². The molecule has 2 amide bonds. The van der Waals surface area contributed by atoms with Gasteiger partial charge in [-0.15, -0.1) is 0 Å². The van der Waals surface area contributed by atoms with Gasteiger partial charge < -0.3 is 19.7 Å². The number of carbonyl (C=O) groups is 2. The number of anilines is 1. The molecule has 29 heavy (non-hydrogen) atoms. The van der Waals surface area contributed by atoms with Gasteiger partial charge in [-0.05, 0) is 55.3 Å². The molecule has 0 aromatic heterocycles. The van der Waals surface area contributed by atoms with E-state index < -0.39 is 0 Å². The van der Waals surface area contributed by atoms with Gasteiger partial charge in [0.15, 0.2) is 0 Å². The minimum atomic E-state index is -0.368. The number of amides is 2. The van der Waals surface area contributed by atoms with Crippen molar-refractivity contribution in [2.24, 2.45) is 0 Å². The summed E-state index contributed by atoms with van der Waals surface area (Å²) in [6, 6.07) is 10.2. The summed E-state index contributed by atoms with van der Waals surface area (Å²) in [6.45, 7) is 1.43. The lowest BCUT2D eigenvalue weighted by Gasteiger charge is -2.18. The van der Waals surface area contributed by atoms with Crippen LogP contribution < -0.4 is 14.8 Å². The van der Waals surface area contributed by atoms with Crippen LogP contribution in [0.2, 0.25) is 5.02 Å². The van der Waals surface area contributed by atoms with Gasteiger partial charge in [-0.2, -0.15) is 0 Å². The Labute approximate surface area is 175 Å². The summed E-state index contributed by atoms with van der Waals surface area (Å²) in [6.07, 6.45) is 4.99. The van der Waals surface area contributed by atoms with Crippen molar-refractivity contribution in [2.45, 2.75) is 12.8 Å². The van der Waals surface area contributed by atoms with Gasteiger partial charge in [-0.1, -0.05) is 11.6 Å². The van der Waals surface area contributed by atoms with Gasteiger partial charge >= 0.3 is 0 Å². The number of rotatable bonds is 6. The predicted octanol–water partition coefficient (Wildman–Crippen LogP) is 4.25. The third-order valence-corrected chi connectivity index (χ3v) is 4.95. The van der Waals surface area contributed by atoms with Gasteiger partial charge in [0.05, 0.1) is 25.5 Å². The Morgan fingerprint density at radius 2 is 1.83 bits per heavy atom. The Morgan fingerprint density at radius 1 is 1.07 bits per heavy atom. The molecule has 7 heteroatoms. The summed E-state index contributed by atoms with van der Waals surface area (Å²) in [5.41, 5.74) is 1.52. The monoisotopic (exact) mass is 414 g/mol. The first-order valence-corrected chi connectivity index (χ1v) is 9.69. The number of ether oxygens (including phenoxy) is 2. The molecule has 1 saturated heterocycles. The molecule has 0 saturated carbocycles. The molecule has 2 aromatic rings. The summed E-state index contributed by atoms with van der Waals surface area (Å²) in [7, 11) is 3.13. The van der Waals surface area contributed by atoms with Crippen LogP contribution in [0.25, 0.3) is 6.08 Å². The van der Waals surface area contributed by atoms with Crippen LogP contribution in [0.4, 0.5) is 5.69 Å². The molecule has 0 atom stereocenters. The highest BCUT2D eigenvalue weighted by Gasteiger charge is 2.22. The standard InChI is InChI=1S/C22H23ClN2O4/c1-28-17-7-9-20(29-2)15(13-17)5-10-21(26)24-19-8-6-16(23)14-18(19)22(27)25-11-3-4-12-25/h5-10,13-14H,3-4,11-12H2,1-2H3,(H,24,26)/b10-5+. The molecule has 1 heterocycles. The molecule has 1 N–H and O–H groups in total. The largest absolute Gasteiger partial charge is 0.497 e. The molecule has 152 valence electrons. The molecule has 1 fully saturated rings. The fourth-order valence-corrected chi connectivity index (χ4v) is 3.37. The highest BCUT2D eigenvalue weighted by Crippen LogP contribution is 2.26. The molecular weight excluding hydrogens is 392 g/mol. The topological polar surface area (TPSA) is 67.9 Å². The maximum atomic E-state index is 12.8. The quantitative estimate of drug-likeness (QED) is 0.717. The number of halogens is 1. The Kier molecular flexibility index (Phi) is 6.77. The third-order valence-electron chi connectivity index (χ3n) is 4.71. The summed E-state index contributed by atoms with van der Waals surface area (Å²) in [5, 5.41) is 3.22. The average molecular weight is 415 g/mol. The maximum absolute atomic E-state index is 12.8. The molecule has 6 nitrogen and oxygen atoms in total. The summed E-state index contributed by atoms with van der Waals surface area (Å²) < 4.78 is 10.5. The van der Waals surface area contributed by atoms with Gasteiger partial charge in [0.2, 0.25) is 5.91 Å². The van der Waals surface area contributed by atoms with Crippen molar-refractivity contribution in [2.75, 3.05) is 32.6 Å². The summed E-state index contributed by atoms with van der Waals surface area (Å²) in [4.78, 5) is 27.1.